The number of hydrogen-bond acceptors (Lipinski definition) is 6. The van der Waals surface area contributed by atoms with E-state index in [0.717, 1.165) is 18.3 Å². The lowest BCUT2D eigenvalue weighted by molar-refractivity contribution is -0.159. The molecule has 1 aliphatic heterocycles. The molecule has 1 aliphatic carbocycles. The molecule has 0 amide bonds. The maximum atomic E-state index is 14.7. The average Bonchev–Trinajstić information content (AvgIpc) is 3.47. The Hall–Kier alpha value is -3.24. The minimum Gasteiger partial charge on any atom is -0.462 e. The van der Waals surface area contributed by atoms with Gasteiger partial charge in [0.15, 0.2) is 11.3 Å². The second-order valence-corrected chi connectivity index (χ2v) is 7.78. The number of aliphatic imine (C=N–C) groups is 1. The molecule has 11 heteroatoms. The molecule has 1 aromatic heterocycles. The molecule has 0 unspecified atom stereocenters. The van der Waals surface area contributed by atoms with Crippen molar-refractivity contribution in [2.75, 3.05) is 0 Å². The number of ketones is 1. The highest BCUT2D eigenvalue weighted by atomic mass is 19.3. The number of ether oxygens (including phenoxy) is 2. The Morgan fingerprint density at radius 1 is 1.34 bits per heavy atom. The van der Waals surface area contributed by atoms with Gasteiger partial charge in [-0.2, -0.15) is 8.78 Å². The predicted molar refractivity (Wildman–Crippen MR) is 102 cm³/mol. The highest BCUT2D eigenvalue weighted by Gasteiger charge is 2.64. The van der Waals surface area contributed by atoms with Crippen LogP contribution in [0.25, 0.3) is 0 Å². The molecule has 4 rings (SSSR count). The number of hydrogen-bond donors (Lipinski definition) is 1. The van der Waals surface area contributed by atoms with Gasteiger partial charge in [0.1, 0.15) is 23.4 Å². The third-order valence-corrected chi connectivity index (χ3v) is 5.34. The van der Waals surface area contributed by atoms with Crippen LogP contribution < -0.4 is 10.5 Å². The highest BCUT2D eigenvalue weighted by molar-refractivity contribution is 5.95. The van der Waals surface area contributed by atoms with Gasteiger partial charge in [-0.3, -0.25) is 4.79 Å². The lowest BCUT2D eigenvalue weighted by atomic mass is 9.83. The molecule has 32 heavy (non-hydrogen) atoms. The van der Waals surface area contributed by atoms with E-state index in [0.29, 0.717) is 6.92 Å². The van der Waals surface area contributed by atoms with Gasteiger partial charge in [-0.15, -0.1) is 0 Å². The van der Waals surface area contributed by atoms with Gasteiger partial charge in [0.05, 0.1) is 6.20 Å². The van der Waals surface area contributed by atoms with Crippen LogP contribution in [0.1, 0.15) is 35.0 Å². The van der Waals surface area contributed by atoms with Crippen molar-refractivity contribution in [3.8, 4) is 5.75 Å². The van der Waals surface area contributed by atoms with Crippen molar-refractivity contribution >= 4 is 11.8 Å². The Balaban J connectivity index is 1.59. The van der Waals surface area contributed by atoms with Crippen molar-refractivity contribution < 1.29 is 36.2 Å². The van der Waals surface area contributed by atoms with E-state index in [4.69, 9.17) is 10.5 Å². The molecule has 170 valence electrons. The Kier molecular flexibility index (Phi) is 5.30. The van der Waals surface area contributed by atoms with Crippen molar-refractivity contribution in [1.82, 2.24) is 4.98 Å². The fraction of sp³-hybridized carbons (Fsp3) is 0.381. The molecule has 2 aromatic rings. The van der Waals surface area contributed by atoms with Crippen molar-refractivity contribution in [3.63, 3.8) is 0 Å². The van der Waals surface area contributed by atoms with Crippen molar-refractivity contribution in [2.45, 2.75) is 43.9 Å². The van der Waals surface area contributed by atoms with E-state index in [9.17, 15) is 26.7 Å². The average molecular weight is 455 g/mol. The number of benzene rings is 1. The standard InChI is InChI=1S/C21H18F5N3O3/c1-20(25,26)32-11-3-5-15(28-9-11)16(30)7-10-2-4-14(22)12(6-10)21(18(23)24)13-8-17(13)31-19(27)29-21/h2-6,9,13,17-18H,7-8H2,1H3,(H2,27,29)/t13-,17+,21+/m0/s1. The van der Waals surface area contributed by atoms with E-state index in [-0.39, 0.29) is 35.4 Å². The molecule has 0 spiro atoms. The summed E-state index contributed by atoms with van der Waals surface area (Å²) in [6.07, 6.45) is -6.08. The summed E-state index contributed by atoms with van der Waals surface area (Å²) in [6, 6.07) is 5.38. The van der Waals surface area contributed by atoms with Crippen LogP contribution >= 0.6 is 0 Å². The minimum atomic E-state index is -3.41. The topological polar surface area (TPSA) is 86.8 Å². The quantitative estimate of drug-likeness (QED) is 0.507. The third kappa shape index (κ3) is 4.11. The third-order valence-electron chi connectivity index (χ3n) is 5.34. The summed E-state index contributed by atoms with van der Waals surface area (Å²) in [4.78, 5) is 20.2. The molecular formula is C21H18F5N3O3. The number of nitrogens with zero attached hydrogens (tertiary/aromatic N) is 2. The van der Waals surface area contributed by atoms with Crippen molar-refractivity contribution in [2.24, 2.45) is 16.6 Å². The molecule has 6 nitrogen and oxygen atoms in total. The summed E-state index contributed by atoms with van der Waals surface area (Å²) in [6.45, 7) is 0.560. The zero-order valence-corrected chi connectivity index (χ0v) is 16.7. The first kappa shape index (κ1) is 22.0. The van der Waals surface area contributed by atoms with Crippen molar-refractivity contribution in [3.05, 3.63) is 59.2 Å². The number of fused-ring (bicyclic) bond motifs is 1. The van der Waals surface area contributed by atoms with Crippen LogP contribution in [0.15, 0.2) is 41.5 Å². The smallest absolute Gasteiger partial charge is 0.394 e. The molecule has 3 atom stereocenters. The molecule has 1 fully saturated rings. The summed E-state index contributed by atoms with van der Waals surface area (Å²) in [5, 5.41) is 0. The number of carbonyl (C=O) groups is 1. The van der Waals surface area contributed by atoms with Crippen molar-refractivity contribution in [1.29, 1.82) is 0 Å². The zero-order chi connectivity index (χ0) is 23.3. The normalized spacial score (nSPS) is 24.4. The SMILES string of the molecule is CC(F)(F)Oc1ccc(C(=O)Cc2ccc(F)c([C@@]3(C(F)F)N=C(N)O[C@@H]4C[C@@H]43)c2)nc1. The zero-order valence-electron chi connectivity index (χ0n) is 16.7. The maximum absolute atomic E-state index is 14.7. The first-order chi connectivity index (χ1) is 15.0. The molecule has 0 bridgehead atoms. The molecule has 2 heterocycles. The summed E-state index contributed by atoms with van der Waals surface area (Å²) >= 11 is 0. The second kappa shape index (κ2) is 7.72. The molecule has 2 N–H and O–H groups in total. The Labute approximate surface area is 179 Å². The highest BCUT2D eigenvalue weighted by Crippen LogP contribution is 2.56. The van der Waals surface area contributed by atoms with E-state index in [2.05, 4.69) is 14.7 Å². The van der Waals surface area contributed by atoms with Crippen LogP contribution in [0.5, 0.6) is 5.75 Å². The Morgan fingerprint density at radius 2 is 2.09 bits per heavy atom. The van der Waals surface area contributed by atoms with E-state index < -0.39 is 47.7 Å². The maximum Gasteiger partial charge on any atom is 0.394 e. The van der Waals surface area contributed by atoms with Crippen LogP contribution in [-0.2, 0) is 16.7 Å². The number of Topliss-reactive ketones (excluding diaryl/α,β-unsaturated/α-hetero) is 1. The lowest BCUT2D eigenvalue weighted by Gasteiger charge is -2.33. The van der Waals surface area contributed by atoms with E-state index in [1.165, 1.54) is 18.2 Å². The van der Waals surface area contributed by atoms with Crippen LogP contribution in [-0.4, -0.2) is 35.4 Å². The molecule has 0 saturated heterocycles. The number of aromatic nitrogens is 1. The van der Waals surface area contributed by atoms with Gasteiger partial charge >= 0.3 is 6.11 Å². The Bertz CT molecular complexity index is 1070. The minimum absolute atomic E-state index is 0.0539. The Morgan fingerprint density at radius 3 is 2.72 bits per heavy atom. The molecule has 1 saturated carbocycles. The number of pyridine rings is 1. The predicted octanol–water partition coefficient (Wildman–Crippen LogP) is 3.83. The number of nitrogens with two attached hydrogens (primary N) is 1. The summed E-state index contributed by atoms with van der Waals surface area (Å²) < 4.78 is 78.3. The second-order valence-electron chi connectivity index (χ2n) is 7.78. The fourth-order valence-electron chi connectivity index (χ4n) is 3.88. The first-order valence-electron chi connectivity index (χ1n) is 9.64. The van der Waals surface area contributed by atoms with Gasteiger partial charge in [0.25, 0.3) is 12.4 Å². The molecule has 2 aliphatic rings. The van der Waals surface area contributed by atoms with E-state index in [1.54, 1.807) is 0 Å². The van der Waals surface area contributed by atoms with E-state index >= 15 is 0 Å². The van der Waals surface area contributed by atoms with Crippen LogP contribution in [0.2, 0.25) is 0 Å². The van der Waals surface area contributed by atoms with Gasteiger partial charge in [-0.05, 0) is 36.2 Å². The lowest BCUT2D eigenvalue weighted by Crippen LogP contribution is -2.43. The summed E-state index contributed by atoms with van der Waals surface area (Å²) in [5.74, 6) is -2.39. The molecule has 1 aromatic carbocycles. The van der Waals surface area contributed by atoms with Gasteiger partial charge in [0, 0.05) is 24.8 Å². The first-order valence-corrected chi connectivity index (χ1v) is 9.64. The number of rotatable bonds is 7. The number of halogens is 5. The van der Waals surface area contributed by atoms with E-state index in [1.807, 2.05) is 0 Å². The van der Waals surface area contributed by atoms with Crippen LogP contribution in [0.4, 0.5) is 22.0 Å². The largest absolute Gasteiger partial charge is 0.462 e. The van der Waals surface area contributed by atoms with Gasteiger partial charge < -0.3 is 15.2 Å². The van der Waals surface area contributed by atoms with Gasteiger partial charge in [0.2, 0.25) is 0 Å². The van der Waals surface area contributed by atoms with Gasteiger partial charge in [-0.1, -0.05) is 6.07 Å². The molecular weight excluding hydrogens is 437 g/mol. The van der Waals surface area contributed by atoms with Crippen LogP contribution in [0, 0.1) is 11.7 Å². The summed E-state index contributed by atoms with van der Waals surface area (Å²) in [5.41, 5.74) is 3.19. The number of carbonyl (C=O) groups excluding carboxylic acids is 1. The van der Waals surface area contributed by atoms with Gasteiger partial charge in [-0.25, -0.2) is 23.1 Å². The number of amidine groups is 1. The monoisotopic (exact) mass is 455 g/mol. The fourth-order valence-corrected chi connectivity index (χ4v) is 3.88. The van der Waals surface area contributed by atoms with Crippen LogP contribution in [0.3, 0.4) is 0 Å². The number of alkyl halides is 4. The molecule has 0 radical (unpaired) electrons. The summed E-state index contributed by atoms with van der Waals surface area (Å²) in [7, 11) is 0.